The Morgan fingerprint density at radius 2 is 2.14 bits per heavy atom. The number of amides is 2. The van der Waals surface area contributed by atoms with Crippen molar-refractivity contribution in [1.29, 1.82) is 0 Å². The third-order valence-electron chi connectivity index (χ3n) is 3.30. The van der Waals surface area contributed by atoms with Crippen LogP contribution >= 0.6 is 11.9 Å². The van der Waals surface area contributed by atoms with E-state index in [1.54, 1.807) is 6.26 Å². The summed E-state index contributed by atoms with van der Waals surface area (Å²) in [5.74, 6) is -0.309. The van der Waals surface area contributed by atoms with Gasteiger partial charge in [0.25, 0.3) is 5.91 Å². The van der Waals surface area contributed by atoms with Crippen molar-refractivity contribution < 1.29 is 14.7 Å². The molecule has 2 amide bonds. The molecule has 1 saturated heterocycles. The van der Waals surface area contributed by atoms with Crippen LogP contribution in [0.3, 0.4) is 0 Å². The highest BCUT2D eigenvalue weighted by Gasteiger charge is 2.30. The minimum atomic E-state index is -1.15. The molecule has 1 unspecified atom stereocenters. The highest BCUT2D eigenvalue weighted by molar-refractivity contribution is 7.97. The first kappa shape index (κ1) is 15.4. The monoisotopic (exact) mass is 307 g/mol. The van der Waals surface area contributed by atoms with Crippen molar-refractivity contribution in [3.63, 3.8) is 0 Å². The van der Waals surface area contributed by atoms with Crippen molar-refractivity contribution in [2.45, 2.75) is 18.9 Å². The molecule has 1 heterocycles. The van der Waals surface area contributed by atoms with Gasteiger partial charge in [-0.15, -0.1) is 0 Å². The molecule has 0 saturated carbocycles. The smallest absolute Gasteiger partial charge is 0.422 e. The number of aliphatic imine (C=N–C) groups is 1. The summed E-state index contributed by atoms with van der Waals surface area (Å²) in [6.07, 6.45) is 3.18. The van der Waals surface area contributed by atoms with Gasteiger partial charge in [-0.3, -0.25) is 4.79 Å². The Morgan fingerprint density at radius 3 is 2.76 bits per heavy atom. The number of nitrogens with zero attached hydrogens (tertiary/aromatic N) is 3. The van der Waals surface area contributed by atoms with Gasteiger partial charge in [-0.25, -0.2) is 14.1 Å². The van der Waals surface area contributed by atoms with E-state index in [2.05, 4.69) is 4.99 Å². The molecule has 7 heteroatoms. The third kappa shape index (κ3) is 3.75. The molecule has 1 aromatic rings. The lowest BCUT2D eigenvalue weighted by molar-refractivity contribution is -0.118. The van der Waals surface area contributed by atoms with Crippen LogP contribution in [0.2, 0.25) is 0 Å². The number of rotatable bonds is 4. The topological polar surface area (TPSA) is 73.2 Å². The lowest BCUT2D eigenvalue weighted by atomic mass is 10.2. The van der Waals surface area contributed by atoms with Crippen LogP contribution in [0.5, 0.6) is 0 Å². The maximum Gasteiger partial charge on any atom is 0.422 e. The molecule has 1 aliphatic rings. The molecule has 0 radical (unpaired) electrons. The molecule has 0 aliphatic carbocycles. The zero-order chi connectivity index (χ0) is 15.2. The number of carbonyl (C=O) groups is 2. The van der Waals surface area contributed by atoms with E-state index >= 15 is 0 Å². The normalized spacial score (nSPS) is 18.1. The third-order valence-corrected chi connectivity index (χ3v) is 3.94. The van der Waals surface area contributed by atoms with Gasteiger partial charge in [0.15, 0.2) is 0 Å². The molecule has 1 N–H and O–H groups in total. The number of benzene rings is 1. The van der Waals surface area contributed by atoms with E-state index in [0.29, 0.717) is 0 Å². The van der Waals surface area contributed by atoms with E-state index in [9.17, 15) is 9.59 Å². The van der Waals surface area contributed by atoms with Crippen LogP contribution in [0.1, 0.15) is 12.8 Å². The molecule has 0 aromatic heterocycles. The zero-order valence-corrected chi connectivity index (χ0v) is 12.5. The number of anilines is 1. The molecular weight excluding hydrogens is 290 g/mol. The van der Waals surface area contributed by atoms with Gasteiger partial charge in [0, 0.05) is 18.5 Å². The first-order chi connectivity index (χ1) is 10.1. The maximum absolute atomic E-state index is 12.2. The Balaban J connectivity index is 2.08. The molecule has 1 aliphatic heterocycles. The molecular formula is C14H17N3O3S. The Bertz CT molecular complexity index is 536. The van der Waals surface area contributed by atoms with Crippen molar-refractivity contribution in [2.24, 2.45) is 4.99 Å². The Hall–Kier alpha value is -2.02. The first-order valence-corrected chi connectivity index (χ1v) is 7.77. The predicted molar refractivity (Wildman–Crippen MR) is 83.7 cm³/mol. The minimum Gasteiger partial charge on any atom is -0.464 e. The van der Waals surface area contributed by atoms with Gasteiger partial charge in [-0.1, -0.05) is 18.2 Å². The van der Waals surface area contributed by atoms with Crippen molar-refractivity contribution in [1.82, 2.24) is 4.31 Å². The standard InChI is InChI=1S/C14H17N3O3S/c1-21-17(14(19)20)10-15-13(18)12-8-5-9-16(12)11-6-3-2-4-7-11/h2-4,6-7,10,12H,5,8-9H2,1H3,(H,19,20). The van der Waals surface area contributed by atoms with E-state index in [1.165, 1.54) is 0 Å². The van der Waals surface area contributed by atoms with Crippen LogP contribution in [0.4, 0.5) is 10.5 Å². The molecule has 1 atom stereocenters. The molecule has 6 nitrogen and oxygen atoms in total. The average molecular weight is 307 g/mol. The molecule has 112 valence electrons. The largest absolute Gasteiger partial charge is 0.464 e. The summed E-state index contributed by atoms with van der Waals surface area (Å²) >= 11 is 0.978. The number of hydrogen-bond donors (Lipinski definition) is 1. The van der Waals surface area contributed by atoms with Crippen molar-refractivity contribution >= 4 is 36.0 Å². The summed E-state index contributed by atoms with van der Waals surface area (Å²) in [5.41, 5.74) is 0.989. The fourth-order valence-corrected chi connectivity index (χ4v) is 2.62. The summed E-state index contributed by atoms with van der Waals surface area (Å²) in [4.78, 5) is 28.9. The fraction of sp³-hybridized carbons (Fsp3) is 0.357. The predicted octanol–water partition coefficient (Wildman–Crippen LogP) is 2.47. The summed E-state index contributed by atoms with van der Waals surface area (Å²) in [7, 11) is 0. The van der Waals surface area contributed by atoms with E-state index < -0.39 is 6.09 Å². The summed E-state index contributed by atoms with van der Waals surface area (Å²) < 4.78 is 0.902. The van der Waals surface area contributed by atoms with Crippen LogP contribution in [-0.2, 0) is 4.79 Å². The minimum absolute atomic E-state index is 0.309. The number of hydrogen-bond acceptors (Lipinski definition) is 4. The van der Waals surface area contributed by atoms with E-state index in [0.717, 1.165) is 47.7 Å². The van der Waals surface area contributed by atoms with Gasteiger partial charge in [-0.05, 0) is 36.9 Å². The molecule has 1 fully saturated rings. The van der Waals surface area contributed by atoms with Gasteiger partial charge in [0.05, 0.1) is 0 Å². The van der Waals surface area contributed by atoms with Gasteiger partial charge in [-0.2, -0.15) is 0 Å². The summed E-state index contributed by atoms with van der Waals surface area (Å²) in [6, 6.07) is 9.39. The van der Waals surface area contributed by atoms with Crippen LogP contribution in [-0.4, -0.2) is 46.6 Å². The SMILES string of the molecule is CSN(C=NC(=O)C1CCCN1c1ccccc1)C(=O)O. The number of carbonyl (C=O) groups excluding carboxylic acids is 1. The van der Waals surface area contributed by atoms with Crippen molar-refractivity contribution in [3.05, 3.63) is 30.3 Å². The average Bonchev–Trinajstić information content (AvgIpc) is 2.97. The molecule has 0 spiro atoms. The summed E-state index contributed by atoms with van der Waals surface area (Å²) in [6.45, 7) is 0.807. The first-order valence-electron chi connectivity index (χ1n) is 6.59. The second kappa shape index (κ2) is 7.12. The zero-order valence-electron chi connectivity index (χ0n) is 11.7. The van der Waals surface area contributed by atoms with E-state index in [4.69, 9.17) is 5.11 Å². The number of para-hydroxylation sites is 1. The Kier molecular flexibility index (Phi) is 5.21. The van der Waals surface area contributed by atoms with Crippen LogP contribution in [0, 0.1) is 0 Å². The van der Waals surface area contributed by atoms with E-state index in [1.807, 2.05) is 35.2 Å². The second-order valence-electron chi connectivity index (χ2n) is 4.56. The highest BCUT2D eigenvalue weighted by atomic mass is 32.2. The van der Waals surface area contributed by atoms with Gasteiger partial charge in [0.1, 0.15) is 12.4 Å². The van der Waals surface area contributed by atoms with Crippen LogP contribution in [0.25, 0.3) is 0 Å². The van der Waals surface area contributed by atoms with Crippen molar-refractivity contribution in [2.75, 3.05) is 17.7 Å². The lowest BCUT2D eigenvalue weighted by Gasteiger charge is -2.24. The van der Waals surface area contributed by atoms with Gasteiger partial charge in [0.2, 0.25) is 0 Å². The molecule has 2 rings (SSSR count). The molecule has 0 bridgehead atoms. The van der Waals surface area contributed by atoms with Crippen molar-refractivity contribution in [3.8, 4) is 0 Å². The Labute approximate surface area is 127 Å². The number of carboxylic acid groups (broad SMARTS) is 1. The van der Waals surface area contributed by atoms with Gasteiger partial charge >= 0.3 is 6.09 Å². The quantitative estimate of drug-likeness (QED) is 0.525. The summed E-state index contributed by atoms with van der Waals surface area (Å²) in [5, 5.41) is 8.87. The van der Waals surface area contributed by atoms with Crippen LogP contribution < -0.4 is 4.90 Å². The second-order valence-corrected chi connectivity index (χ2v) is 5.32. The van der Waals surface area contributed by atoms with Crippen LogP contribution in [0.15, 0.2) is 35.3 Å². The lowest BCUT2D eigenvalue weighted by Crippen LogP contribution is -2.35. The molecule has 21 heavy (non-hydrogen) atoms. The van der Waals surface area contributed by atoms with E-state index in [-0.39, 0.29) is 11.9 Å². The fourth-order valence-electron chi connectivity index (χ4n) is 2.32. The Morgan fingerprint density at radius 1 is 1.43 bits per heavy atom. The molecule has 1 aromatic carbocycles. The van der Waals surface area contributed by atoms with Gasteiger partial charge < -0.3 is 10.0 Å². The highest BCUT2D eigenvalue weighted by Crippen LogP contribution is 2.25. The maximum atomic E-state index is 12.2.